The fourth-order valence-corrected chi connectivity index (χ4v) is 10.3. The van der Waals surface area contributed by atoms with E-state index in [1.807, 2.05) is 0 Å². The van der Waals surface area contributed by atoms with E-state index in [0.717, 1.165) is 56.5 Å². The van der Waals surface area contributed by atoms with Crippen molar-refractivity contribution in [1.29, 1.82) is 5.41 Å². The number of benzene rings is 2. The van der Waals surface area contributed by atoms with E-state index in [0.29, 0.717) is 17.0 Å². The van der Waals surface area contributed by atoms with Crippen molar-refractivity contribution >= 4 is 66.0 Å². The third kappa shape index (κ3) is 11.4. The Morgan fingerprint density at radius 2 is 1.57 bits per heavy atom. The Labute approximate surface area is 426 Å². The third-order valence-corrected chi connectivity index (χ3v) is 16.3. The number of fused-ring (bicyclic) bond motifs is 2. The molecule has 1 saturated carbocycles. The highest BCUT2D eigenvalue weighted by Crippen LogP contribution is 2.55. The smallest absolute Gasteiger partial charge is 0.370 e. The molecule has 0 aliphatic heterocycles. The summed E-state index contributed by atoms with van der Waals surface area (Å²) in [5, 5.41) is 18.9. The van der Waals surface area contributed by atoms with Crippen LogP contribution in [0.4, 0.5) is 49.7 Å². The molecule has 5 N–H and O–H groups in total. The Hall–Kier alpha value is -6.47. The number of anilines is 1. The molecule has 5 aromatic rings. The quantitative estimate of drug-likeness (QED) is 0.0391. The van der Waals surface area contributed by atoms with E-state index < -0.39 is 166 Å². The van der Waals surface area contributed by atoms with E-state index in [9.17, 15) is 61.5 Å². The molecule has 3 heterocycles. The molecule has 29 heteroatoms. The highest BCUT2D eigenvalue weighted by atomic mass is 35.5. The van der Waals surface area contributed by atoms with E-state index in [1.165, 1.54) is 13.8 Å². The second-order valence-corrected chi connectivity index (χ2v) is 23.7. The topological polar surface area (TPSA) is 228 Å². The number of nitrogens with two attached hydrogens (primary N) is 1. The number of hydrogen-bond donors (Lipinski definition) is 4. The van der Waals surface area contributed by atoms with Crippen molar-refractivity contribution in [2.24, 2.45) is 17.6 Å². The van der Waals surface area contributed by atoms with E-state index in [-0.39, 0.29) is 44.2 Å². The van der Waals surface area contributed by atoms with Crippen molar-refractivity contribution in [2.45, 2.75) is 101 Å². The minimum Gasteiger partial charge on any atom is -0.370 e. The number of sulfonamides is 1. The molecule has 0 radical (unpaired) electrons. The second-order valence-electron chi connectivity index (χ2n) is 18.9. The number of carbonyl (C=O) groups excluding carboxylic acids is 2. The van der Waals surface area contributed by atoms with E-state index in [4.69, 9.17) is 22.7 Å². The molecule has 0 bridgehead atoms. The summed E-state index contributed by atoms with van der Waals surface area (Å²) in [6, 6.07) is 4.26. The summed E-state index contributed by atoms with van der Waals surface area (Å²) in [5.74, 6) is -9.14. The number of hydrogen-bond acceptors (Lipinski definition) is 10. The van der Waals surface area contributed by atoms with Gasteiger partial charge in [0, 0.05) is 46.9 Å². The molecule has 1 fully saturated rings. The summed E-state index contributed by atoms with van der Waals surface area (Å²) in [6.45, 7) is 1.32. The first kappa shape index (κ1) is 56.3. The lowest BCUT2D eigenvalue weighted by Gasteiger charge is -2.36. The lowest BCUT2D eigenvalue weighted by atomic mass is 9.79. The van der Waals surface area contributed by atoms with E-state index >= 15 is 8.78 Å². The highest BCUT2D eigenvalue weighted by Gasteiger charge is 2.57. The molecule has 0 saturated heterocycles. The molecule has 2 aliphatic rings. The predicted octanol–water partition coefficient (Wildman–Crippen LogP) is 7.48. The fraction of sp³-hybridized carbons (Fsp3) is 0.435. The third-order valence-electron chi connectivity index (χ3n) is 13.0. The van der Waals surface area contributed by atoms with Gasteiger partial charge in [-0.3, -0.25) is 24.4 Å². The van der Waals surface area contributed by atoms with Crippen LogP contribution in [0.2, 0.25) is 5.02 Å². The molecule has 16 nitrogen and oxygen atoms in total. The Morgan fingerprint density at radius 1 is 0.960 bits per heavy atom. The maximum atomic E-state index is 15.8. The number of rotatable bonds is 13. The summed E-state index contributed by atoms with van der Waals surface area (Å²) in [6.07, 6.45) is -9.78. The average Bonchev–Trinajstić information content (AvgIpc) is 3.86. The van der Waals surface area contributed by atoms with Crippen LogP contribution in [-0.2, 0) is 61.1 Å². The SMILES string of the molecule is C[C@@H]1c2c(C(F)(F)F)nn(CC(=O)N[C@@H](Cc3cc(F)cc(F)c3)c3nc(C#CC(C)(C)S(C)(=O)=O)ccc3-c3ccc(Cl)c4c(N(C(=O)[C@H]5C[C@H](NC(=N)N)C5)S(C)(=O)=O)nn(CC(F)(F)F)c34)c2C(F)(F)[C@@H]1C. The van der Waals surface area contributed by atoms with Crippen molar-refractivity contribution in [1.82, 2.24) is 35.2 Å². The number of amides is 2. The van der Waals surface area contributed by atoms with Crippen molar-refractivity contribution < 1.29 is 70.3 Å². The Kier molecular flexibility index (Phi) is 14.7. The minimum absolute atomic E-state index is 0.0639. The van der Waals surface area contributed by atoms with Gasteiger partial charge in [0.2, 0.25) is 21.8 Å². The Morgan fingerprint density at radius 3 is 2.13 bits per heavy atom. The second kappa shape index (κ2) is 19.6. The molecule has 2 aromatic carbocycles. The molecular weight excluding hydrogens is 1080 g/mol. The van der Waals surface area contributed by atoms with Crippen LogP contribution in [0.25, 0.3) is 22.0 Å². The number of nitrogens with one attached hydrogen (secondary N) is 3. The molecular formula is C46H45ClF10N10O6S2. The van der Waals surface area contributed by atoms with Crippen LogP contribution in [0.5, 0.6) is 0 Å². The maximum absolute atomic E-state index is 15.8. The Balaban J connectivity index is 1.48. The van der Waals surface area contributed by atoms with Crippen molar-refractivity contribution in [2.75, 3.05) is 16.8 Å². The van der Waals surface area contributed by atoms with Crippen molar-refractivity contribution in [3.05, 3.63) is 93.0 Å². The average molecular weight is 1120 g/mol. The van der Waals surface area contributed by atoms with Crippen LogP contribution < -0.4 is 20.7 Å². The van der Waals surface area contributed by atoms with Gasteiger partial charge in [0.15, 0.2) is 27.3 Å². The van der Waals surface area contributed by atoms with Crippen LogP contribution in [0.3, 0.4) is 0 Å². The molecule has 3 atom stereocenters. The first-order chi connectivity index (χ1) is 34.4. The number of pyridine rings is 1. The van der Waals surface area contributed by atoms with Crippen LogP contribution in [0, 0.1) is 40.7 Å². The number of nitrogens with zero attached hydrogens (tertiary/aromatic N) is 6. The number of halogens is 11. The maximum Gasteiger partial charge on any atom is 0.435 e. The summed E-state index contributed by atoms with van der Waals surface area (Å²) >= 11 is 6.69. The summed E-state index contributed by atoms with van der Waals surface area (Å²) in [7, 11) is -8.69. The minimum atomic E-state index is -5.27. The zero-order valence-electron chi connectivity index (χ0n) is 40.1. The molecule has 2 aliphatic carbocycles. The first-order valence-corrected chi connectivity index (χ1v) is 26.5. The summed E-state index contributed by atoms with van der Waals surface area (Å²) < 4.78 is 200. The molecule has 75 heavy (non-hydrogen) atoms. The highest BCUT2D eigenvalue weighted by molar-refractivity contribution is 7.93. The monoisotopic (exact) mass is 1120 g/mol. The van der Waals surface area contributed by atoms with Gasteiger partial charge < -0.3 is 16.4 Å². The molecule has 3 aromatic heterocycles. The standard InChI is InChI=1S/C46H45ClF10N10O6S2/c1-21-22(2)45(53,54)39-34(21)38(46(55,56)57)63-65(39)19-33(68)62-32(15-23-13-25(48)18-26(49)14-23)36-29(8-7-27(60-36)11-12-43(3,4)74(5,70)71)30-9-10-31(47)35-37(30)66(20-44(50,51)52)64-40(35)67(75(6,72)73)41(69)24-16-28(17-24)61-42(58)59/h7-10,13-14,18,21-22,24,28,32H,15-17,19-20H2,1-6H3,(H,62,68)(H4,58,59,61)/t21-,22+,24-,28-,32-/m0/s1. The number of aromatic nitrogens is 5. The number of carbonyl (C=O) groups is 2. The molecule has 404 valence electrons. The predicted molar refractivity (Wildman–Crippen MR) is 253 cm³/mol. The van der Waals surface area contributed by atoms with Gasteiger partial charge in [-0.1, -0.05) is 37.4 Å². The van der Waals surface area contributed by atoms with Crippen LogP contribution in [0.15, 0.2) is 42.5 Å². The van der Waals surface area contributed by atoms with E-state index in [1.54, 1.807) is 0 Å². The van der Waals surface area contributed by atoms with Crippen LogP contribution in [0.1, 0.15) is 86.4 Å². The van der Waals surface area contributed by atoms with Crippen LogP contribution >= 0.6 is 11.6 Å². The lowest BCUT2D eigenvalue weighted by molar-refractivity contribution is -0.143. The summed E-state index contributed by atoms with van der Waals surface area (Å²) in [4.78, 5) is 32.9. The van der Waals surface area contributed by atoms with Gasteiger partial charge in [0.1, 0.15) is 40.9 Å². The zero-order valence-corrected chi connectivity index (χ0v) is 42.5. The molecule has 7 rings (SSSR count). The number of guanidine groups is 1. The Bertz CT molecular complexity index is 3440. The molecule has 2 amide bonds. The largest absolute Gasteiger partial charge is 0.435 e. The van der Waals surface area contributed by atoms with Crippen LogP contribution in [-0.4, -0.2) is 88.6 Å². The molecule has 0 unspecified atom stereocenters. The normalized spacial score (nSPS) is 19.2. The fourth-order valence-electron chi connectivity index (χ4n) is 8.92. The van der Waals surface area contributed by atoms with Crippen molar-refractivity contribution in [3.63, 3.8) is 0 Å². The first-order valence-electron chi connectivity index (χ1n) is 22.3. The van der Waals surface area contributed by atoms with Crippen molar-refractivity contribution in [3.8, 4) is 23.0 Å². The van der Waals surface area contributed by atoms with Gasteiger partial charge in [-0.2, -0.15) is 49.6 Å². The number of alkyl halides is 8. The van der Waals surface area contributed by atoms with Gasteiger partial charge in [-0.15, -0.1) is 0 Å². The summed E-state index contributed by atoms with van der Waals surface area (Å²) in [5.41, 5.74) is -0.635. The lowest BCUT2D eigenvalue weighted by Crippen LogP contribution is -2.52. The number of sulfone groups is 1. The molecule has 0 spiro atoms. The van der Waals surface area contributed by atoms with Gasteiger partial charge in [-0.25, -0.2) is 30.6 Å². The van der Waals surface area contributed by atoms with Gasteiger partial charge >= 0.3 is 12.4 Å². The zero-order chi connectivity index (χ0) is 55.9. The van der Waals surface area contributed by atoms with Gasteiger partial charge in [0.05, 0.1) is 33.9 Å². The van der Waals surface area contributed by atoms with Gasteiger partial charge in [0.25, 0.3) is 5.92 Å². The van der Waals surface area contributed by atoms with E-state index in [2.05, 4.69) is 37.7 Å². The van der Waals surface area contributed by atoms with Gasteiger partial charge in [-0.05, 0) is 80.8 Å².